The van der Waals surface area contributed by atoms with Crippen LogP contribution in [0, 0.1) is 11.6 Å². The van der Waals surface area contributed by atoms with Gasteiger partial charge in [-0.05, 0) is 48.9 Å². The monoisotopic (exact) mass is 315 g/mol. The van der Waals surface area contributed by atoms with Crippen molar-refractivity contribution in [3.8, 4) is 0 Å². The summed E-state index contributed by atoms with van der Waals surface area (Å²) < 4.78 is 26.6. The van der Waals surface area contributed by atoms with Crippen molar-refractivity contribution in [3.05, 3.63) is 69.2 Å². The summed E-state index contributed by atoms with van der Waals surface area (Å²) in [5.41, 5.74) is 1.09. The van der Waals surface area contributed by atoms with E-state index in [0.717, 1.165) is 17.7 Å². The molecule has 1 nitrogen and oxygen atoms in total. The lowest BCUT2D eigenvalue weighted by molar-refractivity contribution is 0.535. The molecule has 0 aliphatic rings. The molecule has 0 aliphatic heterocycles. The predicted molar refractivity (Wildman–Crippen MR) is 78.1 cm³/mol. The first-order valence-electron chi connectivity index (χ1n) is 6.09. The molecule has 0 amide bonds. The third-order valence-electron chi connectivity index (χ3n) is 3.03. The van der Waals surface area contributed by atoms with E-state index in [2.05, 4.69) is 5.32 Å². The van der Waals surface area contributed by atoms with Crippen LogP contribution in [0.25, 0.3) is 0 Å². The molecule has 1 unspecified atom stereocenters. The maximum absolute atomic E-state index is 13.5. The zero-order chi connectivity index (χ0) is 14.7. The molecule has 5 heteroatoms. The number of benzene rings is 2. The number of hydrogen-bond acceptors (Lipinski definition) is 1. The Bertz CT molecular complexity index is 617. The molecule has 20 heavy (non-hydrogen) atoms. The van der Waals surface area contributed by atoms with Crippen LogP contribution in [0.2, 0.25) is 10.0 Å². The quantitative estimate of drug-likeness (QED) is 0.825. The summed E-state index contributed by atoms with van der Waals surface area (Å²) in [6.45, 7) is 2.09. The summed E-state index contributed by atoms with van der Waals surface area (Å²) in [4.78, 5) is 0. The minimum absolute atomic E-state index is 0.135. The average molecular weight is 316 g/mol. The van der Waals surface area contributed by atoms with Gasteiger partial charge >= 0.3 is 0 Å². The Kier molecular flexibility index (Phi) is 4.97. The Morgan fingerprint density at radius 3 is 2.60 bits per heavy atom. The molecule has 0 aliphatic carbocycles. The first-order valence-corrected chi connectivity index (χ1v) is 6.85. The van der Waals surface area contributed by atoms with E-state index >= 15 is 0 Å². The van der Waals surface area contributed by atoms with E-state index in [1.807, 2.05) is 6.92 Å². The molecule has 2 rings (SSSR count). The van der Waals surface area contributed by atoms with Crippen molar-refractivity contribution in [3.63, 3.8) is 0 Å². The highest BCUT2D eigenvalue weighted by molar-refractivity contribution is 6.33. The van der Waals surface area contributed by atoms with E-state index < -0.39 is 11.6 Å². The Morgan fingerprint density at radius 2 is 1.85 bits per heavy atom. The molecule has 0 aromatic heterocycles. The number of halogens is 4. The van der Waals surface area contributed by atoms with Gasteiger partial charge in [-0.3, -0.25) is 0 Å². The lowest BCUT2D eigenvalue weighted by Gasteiger charge is -2.16. The minimum Gasteiger partial charge on any atom is -0.306 e. The molecule has 106 valence electrons. The smallest absolute Gasteiger partial charge is 0.127 e. The van der Waals surface area contributed by atoms with Gasteiger partial charge < -0.3 is 5.32 Å². The standard InChI is InChI=1S/C15H13Cl2F2N/c1-9(13-7-11(16)2-4-14(13)17)20-8-10-6-12(18)3-5-15(10)19/h2-7,9,20H,8H2,1H3. The fourth-order valence-electron chi connectivity index (χ4n) is 1.90. The fraction of sp³-hybridized carbons (Fsp3) is 0.200. The van der Waals surface area contributed by atoms with Crippen molar-refractivity contribution >= 4 is 23.2 Å². The molecule has 0 spiro atoms. The van der Waals surface area contributed by atoms with Crippen LogP contribution in [0.5, 0.6) is 0 Å². The highest BCUT2D eigenvalue weighted by Crippen LogP contribution is 2.26. The molecule has 0 fully saturated rings. The van der Waals surface area contributed by atoms with Crippen LogP contribution in [-0.4, -0.2) is 0 Å². The molecule has 0 saturated heterocycles. The molecule has 0 saturated carbocycles. The van der Waals surface area contributed by atoms with Gasteiger partial charge in [0.2, 0.25) is 0 Å². The number of nitrogens with one attached hydrogen (secondary N) is 1. The molecular weight excluding hydrogens is 303 g/mol. The van der Waals surface area contributed by atoms with Gasteiger partial charge in [0.05, 0.1) is 0 Å². The number of hydrogen-bond donors (Lipinski definition) is 1. The predicted octanol–water partition coefficient (Wildman–Crippen LogP) is 5.12. The van der Waals surface area contributed by atoms with E-state index in [0.29, 0.717) is 10.0 Å². The molecular formula is C15H13Cl2F2N. The summed E-state index contributed by atoms with van der Waals surface area (Å²) in [5.74, 6) is -0.903. The van der Waals surface area contributed by atoms with Crippen LogP contribution in [0.4, 0.5) is 8.78 Å². The minimum atomic E-state index is -0.461. The normalized spacial score (nSPS) is 12.4. The van der Waals surface area contributed by atoms with E-state index in [-0.39, 0.29) is 18.2 Å². The van der Waals surface area contributed by atoms with E-state index in [1.165, 1.54) is 6.07 Å². The van der Waals surface area contributed by atoms with E-state index in [9.17, 15) is 8.78 Å². The van der Waals surface area contributed by atoms with Crippen molar-refractivity contribution in [2.24, 2.45) is 0 Å². The zero-order valence-electron chi connectivity index (χ0n) is 10.8. The van der Waals surface area contributed by atoms with E-state index in [1.54, 1.807) is 18.2 Å². The lowest BCUT2D eigenvalue weighted by Crippen LogP contribution is -2.19. The molecule has 2 aromatic carbocycles. The topological polar surface area (TPSA) is 12.0 Å². The first kappa shape index (κ1) is 15.2. The van der Waals surface area contributed by atoms with Gasteiger partial charge in [-0.1, -0.05) is 23.2 Å². The van der Waals surface area contributed by atoms with Gasteiger partial charge in [0.25, 0.3) is 0 Å². The van der Waals surface area contributed by atoms with Gasteiger partial charge in [-0.25, -0.2) is 8.78 Å². The van der Waals surface area contributed by atoms with Gasteiger partial charge in [0.1, 0.15) is 11.6 Å². The van der Waals surface area contributed by atoms with Crippen molar-refractivity contribution in [1.82, 2.24) is 5.32 Å². The second-order valence-electron chi connectivity index (χ2n) is 4.50. The molecule has 2 aromatic rings. The van der Waals surface area contributed by atoms with Gasteiger partial charge in [-0.2, -0.15) is 0 Å². The maximum atomic E-state index is 13.5. The Balaban J connectivity index is 2.10. The average Bonchev–Trinajstić information content (AvgIpc) is 2.42. The van der Waals surface area contributed by atoms with Crippen LogP contribution < -0.4 is 5.32 Å². The molecule has 1 N–H and O–H groups in total. The SMILES string of the molecule is CC(NCc1cc(F)ccc1F)c1cc(Cl)ccc1Cl. The van der Waals surface area contributed by atoms with Crippen molar-refractivity contribution in [2.75, 3.05) is 0 Å². The second kappa shape index (κ2) is 6.53. The highest BCUT2D eigenvalue weighted by Gasteiger charge is 2.11. The van der Waals surface area contributed by atoms with Crippen LogP contribution in [0.3, 0.4) is 0 Å². The van der Waals surface area contributed by atoms with Crippen molar-refractivity contribution < 1.29 is 8.78 Å². The molecule has 0 heterocycles. The van der Waals surface area contributed by atoms with E-state index in [4.69, 9.17) is 23.2 Å². The molecule has 0 bridgehead atoms. The summed E-state index contributed by atoms with van der Waals surface area (Å²) >= 11 is 12.0. The van der Waals surface area contributed by atoms with Crippen LogP contribution in [0.1, 0.15) is 24.1 Å². The summed E-state index contributed by atoms with van der Waals surface area (Å²) in [6, 6.07) is 8.41. The van der Waals surface area contributed by atoms with Crippen molar-refractivity contribution in [2.45, 2.75) is 19.5 Å². The number of rotatable bonds is 4. The van der Waals surface area contributed by atoms with Crippen LogP contribution in [-0.2, 0) is 6.54 Å². The second-order valence-corrected chi connectivity index (χ2v) is 5.35. The summed E-state index contributed by atoms with van der Waals surface area (Å²) in [7, 11) is 0. The maximum Gasteiger partial charge on any atom is 0.127 e. The third kappa shape index (κ3) is 3.69. The van der Waals surface area contributed by atoms with Crippen LogP contribution in [0.15, 0.2) is 36.4 Å². The van der Waals surface area contributed by atoms with Crippen molar-refractivity contribution in [1.29, 1.82) is 0 Å². The molecule has 1 atom stereocenters. The fourth-order valence-corrected chi connectivity index (χ4v) is 2.36. The zero-order valence-corrected chi connectivity index (χ0v) is 12.3. The third-order valence-corrected chi connectivity index (χ3v) is 3.61. The summed E-state index contributed by atoms with van der Waals surface area (Å²) in [6.07, 6.45) is 0. The summed E-state index contributed by atoms with van der Waals surface area (Å²) in [5, 5.41) is 4.26. The molecule has 0 radical (unpaired) electrons. The first-order chi connectivity index (χ1) is 9.47. The largest absolute Gasteiger partial charge is 0.306 e. The Morgan fingerprint density at radius 1 is 1.10 bits per heavy atom. The van der Waals surface area contributed by atoms with Gasteiger partial charge in [0.15, 0.2) is 0 Å². The van der Waals surface area contributed by atoms with Crippen LogP contribution >= 0.6 is 23.2 Å². The van der Waals surface area contributed by atoms with Gasteiger partial charge in [0, 0.05) is 28.2 Å². The Hall–Kier alpha value is -1.16. The highest BCUT2D eigenvalue weighted by atomic mass is 35.5. The Labute approximate surface area is 126 Å². The van der Waals surface area contributed by atoms with Gasteiger partial charge in [-0.15, -0.1) is 0 Å². The lowest BCUT2D eigenvalue weighted by atomic mass is 10.1.